The maximum Gasteiger partial charge on any atom is 0.251 e. The van der Waals surface area contributed by atoms with E-state index in [1.54, 1.807) is 0 Å². The summed E-state index contributed by atoms with van der Waals surface area (Å²) in [6, 6.07) is 21.5. The standard InChI is InChI=1S/C63H104N2O6/c1-52(2)34-26-19-13-7-10-16-22-31-44-69-59-50-57(63(66)65-43-47-67-48-49-68-58-41-39-56(40-42-58)61(64)55-37-29-25-30-38-55)51-60(70-45-32-23-17-11-8-14-20-27-35-53(3)4)62(59)71-46-33-24-18-12-9-15-21-28-36-54(5)6/h25,29-30,37-42,50-54,61H,7-24,26-28,31-36,43-49,64H2,1-6H3,(H,65,66). The molecular formula is C63H104N2O6. The van der Waals surface area contributed by atoms with Crippen molar-refractivity contribution < 1.29 is 28.5 Å². The summed E-state index contributed by atoms with van der Waals surface area (Å²) in [5, 5.41) is 3.06. The molecule has 1 unspecified atom stereocenters. The predicted octanol–water partition coefficient (Wildman–Crippen LogP) is 17.2. The summed E-state index contributed by atoms with van der Waals surface area (Å²) in [5.74, 6) is 4.81. The molecule has 0 saturated heterocycles. The Morgan fingerprint density at radius 2 is 0.831 bits per heavy atom. The molecule has 3 aromatic carbocycles. The summed E-state index contributed by atoms with van der Waals surface area (Å²) in [6.07, 6.45) is 33.8. The van der Waals surface area contributed by atoms with E-state index in [0.717, 1.165) is 73.2 Å². The molecule has 0 aliphatic rings. The minimum absolute atomic E-state index is 0.186. The van der Waals surface area contributed by atoms with Crippen molar-refractivity contribution in [2.24, 2.45) is 23.5 Å². The Bertz CT molecular complexity index is 1660. The molecule has 0 heterocycles. The van der Waals surface area contributed by atoms with Gasteiger partial charge in [0, 0.05) is 12.1 Å². The zero-order valence-electron chi connectivity index (χ0n) is 46.2. The molecule has 1 amide bonds. The molecule has 0 saturated carbocycles. The van der Waals surface area contributed by atoms with Gasteiger partial charge in [0.05, 0.1) is 39.1 Å². The highest BCUT2D eigenvalue weighted by Crippen LogP contribution is 2.40. The number of amides is 1. The molecule has 3 rings (SSSR count). The molecule has 8 heteroatoms. The van der Waals surface area contributed by atoms with Gasteiger partial charge in [-0.15, -0.1) is 0 Å². The van der Waals surface area contributed by atoms with Crippen LogP contribution in [0.4, 0.5) is 0 Å². The van der Waals surface area contributed by atoms with Crippen molar-refractivity contribution in [1.82, 2.24) is 5.32 Å². The number of unbranched alkanes of at least 4 members (excludes halogenated alkanes) is 21. The summed E-state index contributed by atoms with van der Waals surface area (Å²) in [7, 11) is 0. The van der Waals surface area contributed by atoms with Crippen LogP contribution < -0.4 is 30.0 Å². The zero-order valence-corrected chi connectivity index (χ0v) is 46.2. The highest BCUT2D eigenvalue weighted by molar-refractivity contribution is 5.95. The summed E-state index contributed by atoms with van der Waals surface area (Å²) in [4.78, 5) is 13.8. The molecule has 3 aromatic rings. The van der Waals surface area contributed by atoms with Crippen molar-refractivity contribution >= 4 is 5.91 Å². The molecule has 71 heavy (non-hydrogen) atoms. The number of hydrogen-bond acceptors (Lipinski definition) is 7. The maximum atomic E-state index is 13.8. The molecule has 0 bridgehead atoms. The second kappa shape index (κ2) is 40.7. The lowest BCUT2D eigenvalue weighted by atomic mass is 10.00. The summed E-state index contributed by atoms with van der Waals surface area (Å²) in [5.41, 5.74) is 9.08. The van der Waals surface area contributed by atoms with E-state index in [9.17, 15) is 4.79 Å². The highest BCUT2D eigenvalue weighted by Gasteiger charge is 2.20. The van der Waals surface area contributed by atoms with Crippen LogP contribution >= 0.6 is 0 Å². The molecule has 0 spiro atoms. The van der Waals surface area contributed by atoms with E-state index < -0.39 is 0 Å². The first-order valence-corrected chi connectivity index (χ1v) is 29.1. The average Bonchev–Trinajstić information content (AvgIpc) is 3.36. The fourth-order valence-electron chi connectivity index (χ4n) is 9.03. The van der Waals surface area contributed by atoms with E-state index >= 15 is 0 Å². The number of ether oxygens (including phenoxy) is 5. The van der Waals surface area contributed by atoms with Crippen LogP contribution in [0.1, 0.15) is 242 Å². The predicted molar refractivity (Wildman–Crippen MR) is 300 cm³/mol. The van der Waals surface area contributed by atoms with E-state index in [1.807, 2.05) is 66.7 Å². The van der Waals surface area contributed by atoms with Gasteiger partial charge >= 0.3 is 0 Å². The van der Waals surface area contributed by atoms with Gasteiger partial charge in [-0.3, -0.25) is 4.79 Å². The first-order chi connectivity index (χ1) is 34.6. The first kappa shape index (κ1) is 61.5. The molecule has 0 aliphatic carbocycles. The first-order valence-electron chi connectivity index (χ1n) is 29.1. The lowest BCUT2D eigenvalue weighted by Crippen LogP contribution is -2.28. The molecule has 0 aromatic heterocycles. The molecular weight excluding hydrogens is 881 g/mol. The number of benzene rings is 3. The van der Waals surface area contributed by atoms with Gasteiger partial charge in [0.15, 0.2) is 11.5 Å². The van der Waals surface area contributed by atoms with Gasteiger partial charge in [0.25, 0.3) is 5.91 Å². The van der Waals surface area contributed by atoms with Crippen LogP contribution in [0.3, 0.4) is 0 Å². The Balaban J connectivity index is 1.57. The number of hydrogen-bond donors (Lipinski definition) is 2. The average molecular weight is 986 g/mol. The SMILES string of the molecule is CC(C)CCCCCCCCCCOc1cc(C(=O)NCCOCCOc2ccc(C(N)c3ccccc3)cc2)cc(OCCCCCCCCCCC(C)C)c1OCCCCCCCCCCC(C)C. The van der Waals surface area contributed by atoms with Crippen molar-refractivity contribution in [3.05, 3.63) is 83.4 Å². The Morgan fingerprint density at radius 3 is 1.27 bits per heavy atom. The summed E-state index contributed by atoms with van der Waals surface area (Å²) in [6.45, 7) is 17.2. The molecule has 0 radical (unpaired) electrons. The van der Waals surface area contributed by atoms with E-state index in [0.29, 0.717) is 69.0 Å². The molecule has 1 atom stereocenters. The maximum absolute atomic E-state index is 13.8. The van der Waals surface area contributed by atoms with E-state index in [4.69, 9.17) is 29.4 Å². The minimum atomic E-state index is -0.189. The van der Waals surface area contributed by atoms with Crippen molar-refractivity contribution in [2.45, 2.75) is 221 Å². The monoisotopic (exact) mass is 985 g/mol. The topological polar surface area (TPSA) is 101 Å². The number of carbonyl (C=O) groups is 1. The Kier molecular flexibility index (Phi) is 35.3. The Morgan fingerprint density at radius 1 is 0.437 bits per heavy atom. The Hall–Kier alpha value is -3.75. The number of nitrogens with one attached hydrogen (secondary N) is 1. The van der Waals surface area contributed by atoms with Gasteiger partial charge in [-0.2, -0.15) is 0 Å². The van der Waals surface area contributed by atoms with Gasteiger partial charge in [-0.1, -0.05) is 238 Å². The third-order valence-electron chi connectivity index (χ3n) is 13.5. The zero-order chi connectivity index (χ0) is 51.0. The largest absolute Gasteiger partial charge is 0.491 e. The number of rotatable bonds is 46. The van der Waals surface area contributed by atoms with Crippen molar-refractivity contribution in [2.75, 3.05) is 46.2 Å². The van der Waals surface area contributed by atoms with Crippen molar-refractivity contribution in [3.8, 4) is 23.0 Å². The van der Waals surface area contributed by atoms with E-state index in [-0.39, 0.29) is 11.9 Å². The van der Waals surface area contributed by atoms with Gasteiger partial charge in [-0.05, 0) is 72.4 Å². The third kappa shape index (κ3) is 30.8. The third-order valence-corrected chi connectivity index (χ3v) is 13.5. The Labute approximate surface area is 435 Å². The fraction of sp³-hybridized carbons (Fsp3) is 0.698. The molecule has 0 aliphatic heterocycles. The van der Waals surface area contributed by atoms with Crippen LogP contribution in [0.5, 0.6) is 23.0 Å². The lowest BCUT2D eigenvalue weighted by Gasteiger charge is -2.19. The van der Waals surface area contributed by atoms with Gasteiger partial charge in [-0.25, -0.2) is 0 Å². The highest BCUT2D eigenvalue weighted by atomic mass is 16.5. The van der Waals surface area contributed by atoms with Crippen LogP contribution in [0.15, 0.2) is 66.7 Å². The lowest BCUT2D eigenvalue weighted by molar-refractivity contribution is 0.0866. The van der Waals surface area contributed by atoms with Crippen LogP contribution in [-0.2, 0) is 4.74 Å². The van der Waals surface area contributed by atoms with Gasteiger partial charge in [0.2, 0.25) is 5.75 Å². The normalized spacial score (nSPS) is 12.0. The second-order valence-electron chi connectivity index (χ2n) is 21.6. The number of nitrogens with two attached hydrogens (primary N) is 1. The minimum Gasteiger partial charge on any atom is -0.491 e. The fourth-order valence-corrected chi connectivity index (χ4v) is 9.03. The van der Waals surface area contributed by atoms with Gasteiger partial charge < -0.3 is 34.7 Å². The van der Waals surface area contributed by atoms with Crippen LogP contribution in [-0.4, -0.2) is 52.1 Å². The van der Waals surface area contributed by atoms with Crippen molar-refractivity contribution in [3.63, 3.8) is 0 Å². The molecule has 402 valence electrons. The van der Waals surface area contributed by atoms with Crippen molar-refractivity contribution in [1.29, 1.82) is 0 Å². The number of carbonyl (C=O) groups excluding carboxylic acids is 1. The van der Waals surface area contributed by atoms with E-state index in [2.05, 4.69) is 46.9 Å². The summed E-state index contributed by atoms with van der Waals surface area (Å²) < 4.78 is 31.4. The smallest absolute Gasteiger partial charge is 0.251 e. The van der Waals surface area contributed by atoms with E-state index in [1.165, 1.54) is 135 Å². The van der Waals surface area contributed by atoms with Crippen LogP contribution in [0, 0.1) is 17.8 Å². The second-order valence-corrected chi connectivity index (χ2v) is 21.6. The van der Waals surface area contributed by atoms with Crippen LogP contribution in [0.25, 0.3) is 0 Å². The molecule has 0 fully saturated rings. The molecule has 8 nitrogen and oxygen atoms in total. The van der Waals surface area contributed by atoms with Gasteiger partial charge in [0.1, 0.15) is 12.4 Å². The quantitative estimate of drug-likeness (QED) is 0.0544. The molecule has 3 N–H and O–H groups in total. The summed E-state index contributed by atoms with van der Waals surface area (Å²) >= 11 is 0. The van der Waals surface area contributed by atoms with Crippen LogP contribution in [0.2, 0.25) is 0 Å².